The van der Waals surface area contributed by atoms with Gasteiger partial charge >= 0.3 is 0 Å². The quantitative estimate of drug-likeness (QED) is 0.724. The lowest BCUT2D eigenvalue weighted by Crippen LogP contribution is -2.49. The van der Waals surface area contributed by atoms with Gasteiger partial charge in [-0.05, 0) is 42.8 Å². The molecule has 1 N–H and O–H groups in total. The molecule has 0 saturated carbocycles. The van der Waals surface area contributed by atoms with Gasteiger partial charge in [-0.1, -0.05) is 12.1 Å². The van der Waals surface area contributed by atoms with Crippen LogP contribution in [0.25, 0.3) is 11.5 Å². The number of hydrogen-bond acceptors (Lipinski definition) is 4. The summed E-state index contributed by atoms with van der Waals surface area (Å²) in [6.07, 6.45) is 0. The van der Waals surface area contributed by atoms with Crippen molar-refractivity contribution in [1.29, 1.82) is 0 Å². The lowest BCUT2D eigenvalue weighted by atomic mass is 10.0. The molecule has 0 aliphatic carbocycles. The zero-order chi connectivity index (χ0) is 20.5. The van der Waals surface area contributed by atoms with Gasteiger partial charge in [-0.3, -0.25) is 9.69 Å². The smallest absolute Gasteiger partial charge is 0.242 e. The highest BCUT2D eigenvalue weighted by Gasteiger charge is 2.32. The molecule has 1 unspecified atom stereocenters. The molecule has 1 aliphatic heterocycles. The van der Waals surface area contributed by atoms with Crippen molar-refractivity contribution in [3.63, 3.8) is 0 Å². The van der Waals surface area contributed by atoms with Crippen LogP contribution in [0.4, 0.5) is 13.2 Å². The molecular weight excluding hydrogens is 383 g/mol. The molecule has 2 aromatic carbocycles. The number of aryl methyl sites for hydroxylation is 1. The minimum atomic E-state index is -0.638. The number of piperazine rings is 1. The maximum absolute atomic E-state index is 14.1. The lowest BCUT2D eigenvalue weighted by molar-refractivity contribution is -0.129. The Morgan fingerprint density at radius 1 is 1.14 bits per heavy atom. The predicted octanol–water partition coefficient (Wildman–Crippen LogP) is 3.74. The Balaban J connectivity index is 1.63. The number of carbonyl (C=O) groups excluding carboxylic acids is 1. The Kier molecular flexibility index (Phi) is 5.10. The molecule has 5 nitrogen and oxygen atoms in total. The molecular formula is C21H18F3N3O2. The van der Waals surface area contributed by atoms with Crippen LogP contribution < -0.4 is 5.32 Å². The van der Waals surface area contributed by atoms with Crippen molar-refractivity contribution < 1.29 is 22.4 Å². The molecule has 1 aromatic heterocycles. The third kappa shape index (κ3) is 3.88. The minimum absolute atomic E-state index is 0.0192. The predicted molar refractivity (Wildman–Crippen MR) is 99.2 cm³/mol. The molecule has 1 saturated heterocycles. The third-order valence-corrected chi connectivity index (χ3v) is 4.90. The number of oxazole rings is 1. The first-order valence-electron chi connectivity index (χ1n) is 9.11. The van der Waals surface area contributed by atoms with Gasteiger partial charge in [-0.25, -0.2) is 18.2 Å². The van der Waals surface area contributed by atoms with Crippen LogP contribution in [0.3, 0.4) is 0 Å². The van der Waals surface area contributed by atoms with E-state index in [4.69, 9.17) is 4.42 Å². The van der Waals surface area contributed by atoms with Crippen molar-refractivity contribution in [3.05, 3.63) is 76.9 Å². The molecule has 3 aromatic rings. The fourth-order valence-electron chi connectivity index (χ4n) is 3.44. The van der Waals surface area contributed by atoms with Gasteiger partial charge in [0, 0.05) is 19.6 Å². The van der Waals surface area contributed by atoms with E-state index in [2.05, 4.69) is 10.3 Å². The monoisotopic (exact) mass is 401 g/mol. The molecule has 1 atom stereocenters. The van der Waals surface area contributed by atoms with E-state index in [-0.39, 0.29) is 29.7 Å². The normalized spacial score (nSPS) is 17.4. The number of rotatable bonds is 4. The van der Waals surface area contributed by atoms with Crippen LogP contribution in [-0.4, -0.2) is 28.9 Å². The highest BCUT2D eigenvalue weighted by molar-refractivity contribution is 5.83. The van der Waals surface area contributed by atoms with Crippen molar-refractivity contribution in [2.75, 3.05) is 13.1 Å². The summed E-state index contributed by atoms with van der Waals surface area (Å²) in [6, 6.07) is 8.21. The topological polar surface area (TPSA) is 58.4 Å². The summed E-state index contributed by atoms with van der Waals surface area (Å²) in [5.41, 5.74) is 1.11. The van der Waals surface area contributed by atoms with E-state index in [0.717, 1.165) is 18.2 Å². The van der Waals surface area contributed by atoms with E-state index < -0.39 is 17.7 Å². The number of nitrogens with zero attached hydrogens (tertiary/aromatic N) is 2. The number of hydrogen-bond donors (Lipinski definition) is 1. The van der Waals surface area contributed by atoms with Gasteiger partial charge in [-0.2, -0.15) is 0 Å². The Morgan fingerprint density at radius 3 is 2.62 bits per heavy atom. The van der Waals surface area contributed by atoms with Crippen LogP contribution in [-0.2, 0) is 11.3 Å². The zero-order valence-electron chi connectivity index (χ0n) is 15.6. The van der Waals surface area contributed by atoms with Crippen LogP contribution in [0.15, 0.2) is 46.9 Å². The summed E-state index contributed by atoms with van der Waals surface area (Å²) in [5.74, 6) is -1.38. The second-order valence-electron chi connectivity index (χ2n) is 6.86. The molecule has 2 heterocycles. The molecule has 1 fully saturated rings. The summed E-state index contributed by atoms with van der Waals surface area (Å²) >= 11 is 0. The zero-order valence-corrected chi connectivity index (χ0v) is 15.6. The first-order chi connectivity index (χ1) is 13.9. The first kappa shape index (κ1) is 19.2. The van der Waals surface area contributed by atoms with Crippen molar-refractivity contribution in [2.24, 2.45) is 0 Å². The minimum Gasteiger partial charge on any atom is -0.441 e. The van der Waals surface area contributed by atoms with Crippen molar-refractivity contribution in [1.82, 2.24) is 15.2 Å². The number of benzene rings is 2. The lowest BCUT2D eigenvalue weighted by Gasteiger charge is -2.34. The Morgan fingerprint density at radius 2 is 1.86 bits per heavy atom. The van der Waals surface area contributed by atoms with Crippen LogP contribution in [0.2, 0.25) is 0 Å². The first-order valence-corrected chi connectivity index (χ1v) is 9.11. The number of amides is 1. The maximum Gasteiger partial charge on any atom is 0.242 e. The van der Waals surface area contributed by atoms with Gasteiger partial charge < -0.3 is 9.73 Å². The molecule has 0 radical (unpaired) electrons. The highest BCUT2D eigenvalue weighted by Crippen LogP contribution is 2.29. The van der Waals surface area contributed by atoms with E-state index >= 15 is 0 Å². The number of aromatic nitrogens is 1. The van der Waals surface area contributed by atoms with E-state index in [1.54, 1.807) is 19.1 Å². The number of halogens is 3. The standard InChI is InChI=1S/C21H18F3N3O2/c1-12-18(26-21(29-12)16-10-15(23)6-7-17(16)24)11-27-9-8-25-20(28)19(27)13-2-4-14(22)5-3-13/h2-7,10,19H,8-9,11H2,1H3,(H,25,28). The van der Waals surface area contributed by atoms with E-state index in [0.29, 0.717) is 30.1 Å². The van der Waals surface area contributed by atoms with Crippen LogP contribution in [0.1, 0.15) is 23.1 Å². The van der Waals surface area contributed by atoms with Crippen molar-refractivity contribution in [2.45, 2.75) is 19.5 Å². The Bertz CT molecular complexity index is 1050. The van der Waals surface area contributed by atoms with E-state index in [1.165, 1.54) is 12.1 Å². The molecule has 0 spiro atoms. The van der Waals surface area contributed by atoms with Crippen LogP contribution in [0, 0.1) is 24.4 Å². The number of nitrogens with one attached hydrogen (secondary N) is 1. The molecule has 0 bridgehead atoms. The average Bonchev–Trinajstić information content (AvgIpc) is 3.05. The van der Waals surface area contributed by atoms with Gasteiger partial charge in [0.2, 0.25) is 11.8 Å². The summed E-state index contributed by atoms with van der Waals surface area (Å²) < 4.78 is 46.4. The summed E-state index contributed by atoms with van der Waals surface area (Å²) in [5, 5.41) is 2.81. The summed E-state index contributed by atoms with van der Waals surface area (Å²) in [6.45, 7) is 2.95. The van der Waals surface area contributed by atoms with Gasteiger partial charge in [0.15, 0.2) is 0 Å². The average molecular weight is 401 g/mol. The molecule has 1 amide bonds. The third-order valence-electron chi connectivity index (χ3n) is 4.90. The Hall–Kier alpha value is -3.13. The van der Waals surface area contributed by atoms with E-state index in [9.17, 15) is 18.0 Å². The molecule has 150 valence electrons. The number of carbonyl (C=O) groups is 1. The van der Waals surface area contributed by atoms with Crippen molar-refractivity contribution in [3.8, 4) is 11.5 Å². The highest BCUT2D eigenvalue weighted by atomic mass is 19.1. The molecule has 29 heavy (non-hydrogen) atoms. The van der Waals surface area contributed by atoms with Gasteiger partial charge in [0.25, 0.3) is 0 Å². The van der Waals surface area contributed by atoms with E-state index in [1.807, 2.05) is 4.90 Å². The van der Waals surface area contributed by atoms with Gasteiger partial charge in [0.1, 0.15) is 29.3 Å². The molecule has 8 heteroatoms. The fourth-order valence-corrected chi connectivity index (χ4v) is 3.44. The largest absolute Gasteiger partial charge is 0.441 e. The van der Waals surface area contributed by atoms with Gasteiger partial charge in [-0.15, -0.1) is 0 Å². The Labute approximate surface area is 165 Å². The summed E-state index contributed by atoms with van der Waals surface area (Å²) in [7, 11) is 0. The van der Waals surface area contributed by atoms with Crippen LogP contribution in [0.5, 0.6) is 0 Å². The fraction of sp³-hybridized carbons (Fsp3) is 0.238. The summed E-state index contributed by atoms with van der Waals surface area (Å²) in [4.78, 5) is 18.7. The van der Waals surface area contributed by atoms with Gasteiger partial charge in [0.05, 0.1) is 11.3 Å². The molecule has 4 rings (SSSR count). The SMILES string of the molecule is Cc1oc(-c2cc(F)ccc2F)nc1CN1CCNC(=O)C1c1ccc(F)cc1. The van der Waals surface area contributed by atoms with Crippen molar-refractivity contribution >= 4 is 5.91 Å². The second kappa shape index (κ2) is 7.71. The van der Waals surface area contributed by atoms with Crippen LogP contribution >= 0.6 is 0 Å². The maximum atomic E-state index is 14.1. The second-order valence-corrected chi connectivity index (χ2v) is 6.86. The molecule has 1 aliphatic rings.